The molecule has 0 radical (unpaired) electrons. The van der Waals surface area contributed by atoms with Crippen LogP contribution < -0.4 is 16.0 Å². The van der Waals surface area contributed by atoms with E-state index in [2.05, 4.69) is 5.43 Å². The Hall–Kier alpha value is -2.60. The standard InChI is InChI=1S/C12H11N3O3/c13-14-11-7-6-10(8-12(11)15(16)17)18-9-4-2-1-3-5-9/h1-8,14H,13H2. The second kappa shape index (κ2) is 5.15. The fourth-order valence-electron chi connectivity index (χ4n) is 1.47. The number of hydrazine groups is 1. The maximum absolute atomic E-state index is 10.8. The van der Waals surface area contributed by atoms with E-state index in [1.54, 1.807) is 18.2 Å². The topological polar surface area (TPSA) is 90.4 Å². The third-order valence-electron chi connectivity index (χ3n) is 2.30. The van der Waals surface area contributed by atoms with Crippen molar-refractivity contribution in [2.75, 3.05) is 5.43 Å². The average Bonchev–Trinajstić information content (AvgIpc) is 2.40. The van der Waals surface area contributed by atoms with Crippen molar-refractivity contribution in [3.8, 4) is 11.5 Å². The predicted molar refractivity (Wildman–Crippen MR) is 67.4 cm³/mol. The van der Waals surface area contributed by atoms with E-state index in [1.165, 1.54) is 12.1 Å². The quantitative estimate of drug-likeness (QED) is 0.491. The van der Waals surface area contributed by atoms with Crippen molar-refractivity contribution < 1.29 is 9.66 Å². The first kappa shape index (κ1) is 11.9. The van der Waals surface area contributed by atoms with Crippen molar-refractivity contribution in [3.05, 3.63) is 58.6 Å². The van der Waals surface area contributed by atoms with Gasteiger partial charge >= 0.3 is 0 Å². The molecule has 0 aromatic heterocycles. The maximum Gasteiger partial charge on any atom is 0.297 e. The lowest BCUT2D eigenvalue weighted by atomic mass is 10.2. The fraction of sp³-hybridized carbons (Fsp3) is 0. The van der Waals surface area contributed by atoms with E-state index in [9.17, 15) is 10.1 Å². The number of benzene rings is 2. The van der Waals surface area contributed by atoms with E-state index in [0.717, 1.165) is 0 Å². The number of para-hydroxylation sites is 1. The van der Waals surface area contributed by atoms with Crippen molar-refractivity contribution in [3.63, 3.8) is 0 Å². The molecule has 2 rings (SSSR count). The minimum atomic E-state index is -0.521. The van der Waals surface area contributed by atoms with Crippen LogP contribution in [0.2, 0.25) is 0 Å². The Kier molecular flexibility index (Phi) is 3.40. The molecule has 0 aliphatic carbocycles. The number of nitrogens with two attached hydrogens (primary N) is 1. The van der Waals surface area contributed by atoms with Crippen LogP contribution in [0.25, 0.3) is 0 Å². The molecule has 0 atom stereocenters. The molecule has 92 valence electrons. The van der Waals surface area contributed by atoms with Gasteiger partial charge in [0.25, 0.3) is 5.69 Å². The second-order valence-electron chi connectivity index (χ2n) is 3.50. The van der Waals surface area contributed by atoms with E-state index in [4.69, 9.17) is 10.6 Å². The summed E-state index contributed by atoms with van der Waals surface area (Å²) in [4.78, 5) is 10.3. The molecule has 6 heteroatoms. The molecule has 2 aromatic carbocycles. The lowest BCUT2D eigenvalue weighted by Crippen LogP contribution is -2.08. The summed E-state index contributed by atoms with van der Waals surface area (Å²) < 4.78 is 5.50. The van der Waals surface area contributed by atoms with Gasteiger partial charge < -0.3 is 10.2 Å². The van der Waals surface area contributed by atoms with Gasteiger partial charge in [-0.15, -0.1) is 0 Å². The Morgan fingerprint density at radius 3 is 2.44 bits per heavy atom. The van der Waals surface area contributed by atoms with E-state index >= 15 is 0 Å². The van der Waals surface area contributed by atoms with Crippen molar-refractivity contribution in [2.24, 2.45) is 5.84 Å². The molecule has 0 amide bonds. The van der Waals surface area contributed by atoms with Crippen LogP contribution in [-0.4, -0.2) is 4.92 Å². The number of rotatable bonds is 4. The van der Waals surface area contributed by atoms with Crippen LogP contribution >= 0.6 is 0 Å². The lowest BCUT2D eigenvalue weighted by molar-refractivity contribution is -0.384. The number of hydrogen-bond donors (Lipinski definition) is 2. The number of nitrogen functional groups attached to an aromatic ring is 1. The van der Waals surface area contributed by atoms with Gasteiger partial charge in [0.2, 0.25) is 0 Å². The summed E-state index contributed by atoms with van der Waals surface area (Å²) in [6, 6.07) is 13.4. The van der Waals surface area contributed by atoms with Crippen LogP contribution in [0.3, 0.4) is 0 Å². The Bertz CT molecular complexity index is 558. The van der Waals surface area contributed by atoms with Gasteiger partial charge in [-0.05, 0) is 24.3 Å². The van der Waals surface area contributed by atoms with Crippen LogP contribution in [0.1, 0.15) is 0 Å². The molecule has 0 bridgehead atoms. The highest BCUT2D eigenvalue weighted by molar-refractivity contribution is 5.63. The Morgan fingerprint density at radius 2 is 1.83 bits per heavy atom. The highest BCUT2D eigenvalue weighted by Crippen LogP contribution is 2.30. The fourth-order valence-corrected chi connectivity index (χ4v) is 1.47. The molecule has 3 N–H and O–H groups in total. The first-order valence-electron chi connectivity index (χ1n) is 5.18. The maximum atomic E-state index is 10.8. The highest BCUT2D eigenvalue weighted by atomic mass is 16.6. The third-order valence-corrected chi connectivity index (χ3v) is 2.30. The van der Waals surface area contributed by atoms with Crippen LogP contribution in [0, 0.1) is 10.1 Å². The van der Waals surface area contributed by atoms with Gasteiger partial charge in [0.05, 0.1) is 11.0 Å². The molecular weight excluding hydrogens is 234 g/mol. The minimum absolute atomic E-state index is 0.133. The summed E-state index contributed by atoms with van der Waals surface area (Å²) in [5.41, 5.74) is 2.37. The summed E-state index contributed by atoms with van der Waals surface area (Å²) in [6.45, 7) is 0. The highest BCUT2D eigenvalue weighted by Gasteiger charge is 2.14. The largest absolute Gasteiger partial charge is 0.457 e. The molecule has 0 fully saturated rings. The molecule has 0 aliphatic heterocycles. The van der Waals surface area contributed by atoms with Gasteiger partial charge in [-0.1, -0.05) is 18.2 Å². The minimum Gasteiger partial charge on any atom is -0.457 e. The Labute approximate surface area is 103 Å². The molecule has 0 saturated heterocycles. The molecule has 0 spiro atoms. The summed E-state index contributed by atoms with van der Waals surface area (Å²) in [5.74, 6) is 6.19. The van der Waals surface area contributed by atoms with Crippen molar-refractivity contribution in [2.45, 2.75) is 0 Å². The summed E-state index contributed by atoms with van der Waals surface area (Å²) in [7, 11) is 0. The molecule has 18 heavy (non-hydrogen) atoms. The Balaban J connectivity index is 2.30. The molecule has 0 heterocycles. The SMILES string of the molecule is NNc1ccc(Oc2ccccc2)cc1[N+](=O)[O-]. The number of nitrogens with zero attached hydrogens (tertiary/aromatic N) is 1. The molecule has 2 aromatic rings. The Morgan fingerprint density at radius 1 is 1.11 bits per heavy atom. The molecule has 0 unspecified atom stereocenters. The van der Waals surface area contributed by atoms with E-state index < -0.39 is 4.92 Å². The van der Waals surface area contributed by atoms with Gasteiger partial charge in [-0.2, -0.15) is 0 Å². The number of ether oxygens (including phenoxy) is 1. The van der Waals surface area contributed by atoms with E-state index in [-0.39, 0.29) is 11.4 Å². The number of hydrogen-bond acceptors (Lipinski definition) is 5. The van der Waals surface area contributed by atoms with Crippen LogP contribution in [0.4, 0.5) is 11.4 Å². The van der Waals surface area contributed by atoms with Crippen LogP contribution in [-0.2, 0) is 0 Å². The monoisotopic (exact) mass is 245 g/mol. The van der Waals surface area contributed by atoms with Crippen molar-refractivity contribution in [1.82, 2.24) is 0 Å². The molecular formula is C12H11N3O3. The number of nitro benzene ring substituents is 1. The van der Waals surface area contributed by atoms with Crippen LogP contribution in [0.15, 0.2) is 48.5 Å². The second-order valence-corrected chi connectivity index (χ2v) is 3.50. The van der Waals surface area contributed by atoms with Crippen molar-refractivity contribution >= 4 is 11.4 Å². The van der Waals surface area contributed by atoms with Gasteiger partial charge in [-0.3, -0.25) is 16.0 Å². The zero-order valence-corrected chi connectivity index (χ0v) is 9.37. The molecule has 6 nitrogen and oxygen atoms in total. The lowest BCUT2D eigenvalue weighted by Gasteiger charge is -2.07. The normalized spacial score (nSPS) is 9.83. The van der Waals surface area contributed by atoms with Crippen LogP contribution in [0.5, 0.6) is 11.5 Å². The smallest absolute Gasteiger partial charge is 0.297 e. The van der Waals surface area contributed by atoms with E-state index in [0.29, 0.717) is 11.5 Å². The number of anilines is 1. The van der Waals surface area contributed by atoms with Gasteiger partial charge in [0.15, 0.2) is 0 Å². The van der Waals surface area contributed by atoms with E-state index in [1.807, 2.05) is 18.2 Å². The first-order valence-corrected chi connectivity index (χ1v) is 5.18. The van der Waals surface area contributed by atoms with Gasteiger partial charge in [0.1, 0.15) is 17.2 Å². The third kappa shape index (κ3) is 2.55. The number of nitrogens with one attached hydrogen (secondary N) is 1. The summed E-state index contributed by atoms with van der Waals surface area (Å²) >= 11 is 0. The van der Waals surface area contributed by atoms with Crippen molar-refractivity contribution in [1.29, 1.82) is 0 Å². The van der Waals surface area contributed by atoms with Gasteiger partial charge in [-0.25, -0.2) is 0 Å². The zero-order chi connectivity index (χ0) is 13.0. The molecule has 0 aliphatic rings. The first-order chi connectivity index (χ1) is 8.70. The van der Waals surface area contributed by atoms with Gasteiger partial charge in [0, 0.05) is 0 Å². The average molecular weight is 245 g/mol. The predicted octanol–water partition coefficient (Wildman–Crippen LogP) is 2.67. The summed E-state index contributed by atoms with van der Waals surface area (Å²) in [6.07, 6.45) is 0. The zero-order valence-electron chi connectivity index (χ0n) is 9.37. The number of nitro groups is 1. The summed E-state index contributed by atoms with van der Waals surface area (Å²) in [5, 5.41) is 10.8. The molecule has 0 saturated carbocycles.